The highest BCUT2D eigenvalue weighted by atomic mass is 16.2. The fourth-order valence-electron chi connectivity index (χ4n) is 2.81. The van der Waals surface area contributed by atoms with Crippen LogP contribution < -0.4 is 11.0 Å². The molecule has 21 heavy (non-hydrogen) atoms. The maximum absolute atomic E-state index is 12.2. The summed E-state index contributed by atoms with van der Waals surface area (Å²) in [5.74, 6) is -0.146. The first-order chi connectivity index (χ1) is 10.2. The molecule has 1 aliphatic rings. The topological polar surface area (TPSA) is 77.8 Å². The molecule has 0 aliphatic heterocycles. The average Bonchev–Trinajstić information content (AvgIpc) is 2.88. The van der Waals surface area contributed by atoms with Crippen LogP contribution in [0.5, 0.6) is 0 Å². The number of benzene rings is 1. The fraction of sp³-hybridized carbons (Fsp3) is 0.375. The van der Waals surface area contributed by atoms with E-state index < -0.39 is 0 Å². The van der Waals surface area contributed by atoms with Gasteiger partial charge in [-0.25, -0.2) is 4.79 Å². The van der Waals surface area contributed by atoms with Gasteiger partial charge in [0.25, 0.3) is 5.91 Å². The number of rotatable bonds is 4. The minimum Gasteiger partial charge on any atom is -0.352 e. The highest BCUT2D eigenvalue weighted by molar-refractivity contribution is 6.04. The van der Waals surface area contributed by atoms with Crippen molar-refractivity contribution in [1.29, 1.82) is 0 Å². The normalized spacial score (nSPS) is 15.0. The van der Waals surface area contributed by atoms with E-state index in [-0.39, 0.29) is 11.6 Å². The number of amides is 1. The number of para-hydroxylation sites is 1. The highest BCUT2D eigenvalue weighted by Crippen LogP contribution is 2.19. The van der Waals surface area contributed by atoms with Gasteiger partial charge in [-0.2, -0.15) is 0 Å². The second kappa shape index (κ2) is 5.99. The second-order valence-electron chi connectivity index (χ2n) is 5.42. The first-order valence-corrected chi connectivity index (χ1v) is 7.41. The third-order valence-corrected chi connectivity index (χ3v) is 3.91. The number of H-pyrrole nitrogens is 2. The Morgan fingerprint density at radius 1 is 1.24 bits per heavy atom. The number of nitrogens with one attached hydrogen (secondary N) is 3. The zero-order chi connectivity index (χ0) is 14.7. The summed E-state index contributed by atoms with van der Waals surface area (Å²) in [5.41, 5.74) is 2.87. The van der Waals surface area contributed by atoms with Crippen LogP contribution >= 0.6 is 0 Å². The molecule has 1 heterocycles. The SMILES string of the molecule is O=C(NCCC1=CCCCC1)c1cccc2[nH]c(=O)[nH]c12. The van der Waals surface area contributed by atoms with Crippen molar-refractivity contribution in [1.82, 2.24) is 15.3 Å². The Bertz CT molecular complexity index is 739. The standard InChI is InChI=1S/C16H19N3O2/c20-15(17-10-9-11-5-2-1-3-6-11)12-7-4-8-13-14(12)19-16(21)18-13/h4-5,7-8H,1-3,6,9-10H2,(H,17,20)(H2,18,19,21). The van der Waals surface area contributed by atoms with Gasteiger partial charge in [-0.1, -0.05) is 17.7 Å². The first kappa shape index (κ1) is 13.7. The number of allylic oxidation sites excluding steroid dienone is 1. The molecule has 110 valence electrons. The lowest BCUT2D eigenvalue weighted by atomic mass is 9.97. The quantitative estimate of drug-likeness (QED) is 0.755. The van der Waals surface area contributed by atoms with Crippen molar-refractivity contribution in [2.75, 3.05) is 6.54 Å². The van der Waals surface area contributed by atoms with Crippen LogP contribution in [0.1, 0.15) is 42.5 Å². The van der Waals surface area contributed by atoms with Crippen molar-refractivity contribution < 1.29 is 4.79 Å². The maximum Gasteiger partial charge on any atom is 0.323 e. The Labute approximate surface area is 122 Å². The van der Waals surface area contributed by atoms with Gasteiger partial charge in [0.05, 0.1) is 16.6 Å². The van der Waals surface area contributed by atoms with Crippen LogP contribution in [0.15, 0.2) is 34.6 Å². The van der Waals surface area contributed by atoms with Gasteiger partial charge in [0.15, 0.2) is 0 Å². The monoisotopic (exact) mass is 285 g/mol. The first-order valence-electron chi connectivity index (χ1n) is 7.41. The summed E-state index contributed by atoms with van der Waals surface area (Å²) in [6.45, 7) is 0.635. The van der Waals surface area contributed by atoms with Crippen LogP contribution in [-0.4, -0.2) is 22.4 Å². The molecule has 0 saturated carbocycles. The molecule has 1 aliphatic carbocycles. The number of fused-ring (bicyclic) bond motifs is 1. The Morgan fingerprint density at radius 3 is 2.95 bits per heavy atom. The zero-order valence-electron chi connectivity index (χ0n) is 11.9. The lowest BCUT2D eigenvalue weighted by Gasteiger charge is -2.13. The van der Waals surface area contributed by atoms with Crippen molar-refractivity contribution >= 4 is 16.9 Å². The van der Waals surface area contributed by atoms with Crippen molar-refractivity contribution in [3.63, 3.8) is 0 Å². The Kier molecular flexibility index (Phi) is 3.90. The van der Waals surface area contributed by atoms with Crippen molar-refractivity contribution in [2.45, 2.75) is 32.1 Å². The molecule has 1 aromatic heterocycles. The fourth-order valence-corrected chi connectivity index (χ4v) is 2.81. The predicted molar refractivity (Wildman–Crippen MR) is 82.4 cm³/mol. The van der Waals surface area contributed by atoms with E-state index in [1.807, 2.05) is 0 Å². The van der Waals surface area contributed by atoms with Crippen LogP contribution in [0.4, 0.5) is 0 Å². The Morgan fingerprint density at radius 2 is 2.14 bits per heavy atom. The van der Waals surface area contributed by atoms with E-state index in [9.17, 15) is 9.59 Å². The van der Waals surface area contributed by atoms with Crippen LogP contribution in [0, 0.1) is 0 Å². The molecule has 0 radical (unpaired) electrons. The third kappa shape index (κ3) is 3.07. The van der Waals surface area contributed by atoms with Gasteiger partial charge in [-0.15, -0.1) is 0 Å². The number of aromatic nitrogens is 2. The number of aromatic amines is 2. The van der Waals surface area contributed by atoms with Gasteiger partial charge in [0.2, 0.25) is 0 Å². The van der Waals surface area contributed by atoms with Gasteiger partial charge in [0, 0.05) is 6.54 Å². The summed E-state index contributed by atoms with van der Waals surface area (Å²) in [6, 6.07) is 5.27. The van der Waals surface area contributed by atoms with Gasteiger partial charge in [0.1, 0.15) is 0 Å². The molecule has 0 bridgehead atoms. The number of hydrogen-bond acceptors (Lipinski definition) is 2. The van der Waals surface area contributed by atoms with Gasteiger partial charge < -0.3 is 15.3 Å². The lowest BCUT2D eigenvalue weighted by molar-refractivity contribution is 0.0955. The minimum atomic E-state index is -0.294. The van der Waals surface area contributed by atoms with Crippen molar-refractivity contribution in [3.8, 4) is 0 Å². The number of hydrogen-bond donors (Lipinski definition) is 3. The Hall–Kier alpha value is -2.30. The molecule has 0 fully saturated rings. The maximum atomic E-state index is 12.2. The highest BCUT2D eigenvalue weighted by Gasteiger charge is 2.12. The number of imidazole rings is 1. The van der Waals surface area contributed by atoms with E-state index in [4.69, 9.17) is 0 Å². The molecule has 5 nitrogen and oxygen atoms in total. The molecule has 0 spiro atoms. The smallest absolute Gasteiger partial charge is 0.323 e. The molecule has 3 rings (SSSR count). The average molecular weight is 285 g/mol. The summed E-state index contributed by atoms with van der Waals surface area (Å²) in [4.78, 5) is 28.9. The minimum absolute atomic E-state index is 0.146. The van der Waals surface area contributed by atoms with E-state index >= 15 is 0 Å². The molecule has 1 amide bonds. The summed E-state index contributed by atoms with van der Waals surface area (Å²) in [5, 5.41) is 2.93. The molecule has 1 aromatic carbocycles. The molecule has 3 N–H and O–H groups in total. The van der Waals surface area contributed by atoms with Gasteiger partial charge in [-0.3, -0.25) is 4.79 Å². The molecule has 2 aromatic rings. The molecule has 0 saturated heterocycles. The van der Waals surface area contributed by atoms with Gasteiger partial charge >= 0.3 is 5.69 Å². The van der Waals surface area contributed by atoms with E-state index in [0.29, 0.717) is 23.1 Å². The van der Waals surface area contributed by atoms with E-state index in [2.05, 4.69) is 21.4 Å². The predicted octanol–water partition coefficient (Wildman–Crippen LogP) is 2.48. The summed E-state index contributed by atoms with van der Waals surface area (Å²) >= 11 is 0. The molecular formula is C16H19N3O2. The van der Waals surface area contributed by atoms with Crippen molar-refractivity contribution in [2.24, 2.45) is 0 Å². The largest absolute Gasteiger partial charge is 0.352 e. The molecular weight excluding hydrogens is 266 g/mol. The van der Waals surface area contributed by atoms with Crippen LogP contribution in [0.25, 0.3) is 11.0 Å². The molecule has 0 unspecified atom stereocenters. The van der Waals surface area contributed by atoms with Gasteiger partial charge in [-0.05, 0) is 44.2 Å². The van der Waals surface area contributed by atoms with E-state index in [1.54, 1.807) is 18.2 Å². The summed E-state index contributed by atoms with van der Waals surface area (Å²) in [6.07, 6.45) is 8.04. The van der Waals surface area contributed by atoms with Crippen molar-refractivity contribution in [3.05, 3.63) is 45.9 Å². The summed E-state index contributed by atoms with van der Waals surface area (Å²) in [7, 11) is 0. The van der Waals surface area contributed by atoms with E-state index in [1.165, 1.54) is 18.4 Å². The van der Waals surface area contributed by atoms with Crippen LogP contribution in [0.3, 0.4) is 0 Å². The number of carbonyl (C=O) groups is 1. The summed E-state index contributed by atoms with van der Waals surface area (Å²) < 4.78 is 0. The zero-order valence-corrected chi connectivity index (χ0v) is 11.9. The molecule has 0 atom stereocenters. The van der Waals surface area contributed by atoms with Crippen LogP contribution in [-0.2, 0) is 0 Å². The third-order valence-electron chi connectivity index (χ3n) is 3.91. The van der Waals surface area contributed by atoms with Crippen LogP contribution in [0.2, 0.25) is 0 Å². The second-order valence-corrected chi connectivity index (χ2v) is 5.42. The van der Waals surface area contributed by atoms with E-state index in [0.717, 1.165) is 19.3 Å². The Balaban J connectivity index is 1.66. The molecule has 5 heteroatoms. The lowest BCUT2D eigenvalue weighted by Crippen LogP contribution is -2.25. The number of carbonyl (C=O) groups excluding carboxylic acids is 1.